The van der Waals surface area contributed by atoms with Crippen LogP contribution in [0.1, 0.15) is 29.7 Å². The van der Waals surface area contributed by atoms with E-state index in [9.17, 15) is 4.79 Å². The molecule has 25 heavy (non-hydrogen) atoms. The van der Waals surface area contributed by atoms with Crippen LogP contribution in [0.15, 0.2) is 42.5 Å². The van der Waals surface area contributed by atoms with E-state index in [1.807, 2.05) is 24.3 Å². The molecule has 0 atom stereocenters. The van der Waals surface area contributed by atoms with Gasteiger partial charge in [-0.05, 0) is 37.5 Å². The molecule has 2 heterocycles. The van der Waals surface area contributed by atoms with Gasteiger partial charge in [-0.25, -0.2) is 4.98 Å². The number of aryl methyl sites for hydroxylation is 1. The summed E-state index contributed by atoms with van der Waals surface area (Å²) < 4.78 is 0. The van der Waals surface area contributed by atoms with Crippen molar-refractivity contribution in [2.45, 2.75) is 26.3 Å². The van der Waals surface area contributed by atoms with Crippen molar-refractivity contribution >= 4 is 11.7 Å². The molecule has 2 aromatic rings. The summed E-state index contributed by atoms with van der Waals surface area (Å²) in [6.45, 7) is 4.19. The number of amides is 1. The fraction of sp³-hybridized carbons (Fsp3) is 0.350. The van der Waals surface area contributed by atoms with Crippen molar-refractivity contribution in [3.8, 4) is 6.07 Å². The summed E-state index contributed by atoms with van der Waals surface area (Å²) in [5.74, 6) is 0.984. The summed E-state index contributed by atoms with van der Waals surface area (Å²) in [5, 5.41) is 12.0. The number of rotatable bonds is 4. The molecule has 0 saturated carbocycles. The van der Waals surface area contributed by atoms with E-state index in [0.717, 1.165) is 37.3 Å². The van der Waals surface area contributed by atoms with Gasteiger partial charge in [0.05, 0.1) is 0 Å². The van der Waals surface area contributed by atoms with Gasteiger partial charge < -0.3 is 10.2 Å². The molecule has 1 aliphatic rings. The molecule has 3 rings (SSSR count). The number of nitriles is 1. The molecule has 1 fully saturated rings. The van der Waals surface area contributed by atoms with Crippen molar-refractivity contribution in [3.05, 3.63) is 59.3 Å². The Kier molecular flexibility index (Phi) is 5.30. The number of hydrogen-bond acceptors (Lipinski definition) is 4. The van der Waals surface area contributed by atoms with Gasteiger partial charge in [0, 0.05) is 25.6 Å². The highest BCUT2D eigenvalue weighted by Gasteiger charge is 2.25. The van der Waals surface area contributed by atoms with Crippen molar-refractivity contribution in [2.24, 2.45) is 5.92 Å². The lowest BCUT2D eigenvalue weighted by Gasteiger charge is -2.32. The van der Waals surface area contributed by atoms with Gasteiger partial charge in [0.2, 0.25) is 5.91 Å². The van der Waals surface area contributed by atoms with Crippen LogP contribution in [0.2, 0.25) is 0 Å². The number of pyridine rings is 1. The third kappa shape index (κ3) is 4.36. The standard InChI is InChI=1S/C20H22N4O/c1-15-5-7-16(8-6-15)14-22-20(25)17-9-11-24(12-10-17)19-4-2-3-18(13-21)23-19/h2-8,17H,9-12,14H2,1H3,(H,22,25). The van der Waals surface area contributed by atoms with E-state index in [0.29, 0.717) is 12.2 Å². The zero-order chi connectivity index (χ0) is 17.6. The minimum atomic E-state index is 0.0425. The number of nitrogens with one attached hydrogen (secondary N) is 1. The summed E-state index contributed by atoms with van der Waals surface area (Å²) >= 11 is 0. The second-order valence-electron chi connectivity index (χ2n) is 6.46. The maximum Gasteiger partial charge on any atom is 0.223 e. The van der Waals surface area contributed by atoms with Crippen LogP contribution in [0.25, 0.3) is 0 Å². The Morgan fingerprint density at radius 1 is 1.24 bits per heavy atom. The molecule has 5 heteroatoms. The zero-order valence-corrected chi connectivity index (χ0v) is 14.4. The van der Waals surface area contributed by atoms with Gasteiger partial charge >= 0.3 is 0 Å². The first kappa shape index (κ1) is 17.0. The molecule has 0 radical (unpaired) electrons. The molecule has 1 saturated heterocycles. The number of carbonyl (C=O) groups excluding carboxylic acids is 1. The molecule has 1 amide bonds. The van der Waals surface area contributed by atoms with Gasteiger partial charge in [0.15, 0.2) is 0 Å². The molecule has 5 nitrogen and oxygen atoms in total. The SMILES string of the molecule is Cc1ccc(CNC(=O)C2CCN(c3cccc(C#N)n3)CC2)cc1. The molecule has 0 bridgehead atoms. The first-order valence-corrected chi connectivity index (χ1v) is 8.61. The predicted molar refractivity (Wildman–Crippen MR) is 96.9 cm³/mol. The first-order chi connectivity index (χ1) is 12.2. The molecule has 0 unspecified atom stereocenters. The lowest BCUT2D eigenvalue weighted by molar-refractivity contribution is -0.125. The van der Waals surface area contributed by atoms with Crippen molar-refractivity contribution in [2.75, 3.05) is 18.0 Å². The van der Waals surface area contributed by atoms with Crippen molar-refractivity contribution in [1.82, 2.24) is 10.3 Å². The van der Waals surface area contributed by atoms with Crippen LogP contribution in [-0.2, 0) is 11.3 Å². The first-order valence-electron chi connectivity index (χ1n) is 8.61. The molecule has 128 valence electrons. The fourth-order valence-electron chi connectivity index (χ4n) is 3.07. The van der Waals surface area contributed by atoms with Crippen LogP contribution in [0.5, 0.6) is 0 Å². The van der Waals surface area contributed by atoms with Crippen LogP contribution in [-0.4, -0.2) is 24.0 Å². The average molecular weight is 334 g/mol. The molecule has 1 aromatic heterocycles. The molecule has 1 N–H and O–H groups in total. The average Bonchev–Trinajstić information content (AvgIpc) is 2.67. The summed E-state index contributed by atoms with van der Waals surface area (Å²) in [4.78, 5) is 18.9. The number of aromatic nitrogens is 1. The molecular weight excluding hydrogens is 312 g/mol. The Balaban J connectivity index is 1.50. The summed E-state index contributed by atoms with van der Waals surface area (Å²) in [6.07, 6.45) is 1.61. The third-order valence-electron chi connectivity index (χ3n) is 4.63. The second kappa shape index (κ2) is 7.80. The van der Waals surface area contributed by atoms with Crippen molar-refractivity contribution in [1.29, 1.82) is 5.26 Å². The fourth-order valence-corrected chi connectivity index (χ4v) is 3.07. The van der Waals surface area contributed by atoms with E-state index in [2.05, 4.69) is 40.3 Å². The largest absolute Gasteiger partial charge is 0.357 e. The quantitative estimate of drug-likeness (QED) is 0.933. The van der Waals surface area contributed by atoms with Crippen molar-refractivity contribution < 1.29 is 4.79 Å². The van der Waals surface area contributed by atoms with Gasteiger partial charge in [-0.2, -0.15) is 5.26 Å². The van der Waals surface area contributed by atoms with E-state index in [-0.39, 0.29) is 11.8 Å². The molecule has 0 aliphatic carbocycles. The van der Waals surface area contributed by atoms with Crippen molar-refractivity contribution in [3.63, 3.8) is 0 Å². The number of nitrogens with zero attached hydrogens (tertiary/aromatic N) is 3. The third-order valence-corrected chi connectivity index (χ3v) is 4.63. The van der Waals surface area contributed by atoms with Crippen LogP contribution < -0.4 is 10.2 Å². The Bertz CT molecular complexity index is 771. The van der Waals surface area contributed by atoms with Gasteiger partial charge in [-0.15, -0.1) is 0 Å². The number of benzene rings is 1. The summed E-state index contributed by atoms with van der Waals surface area (Å²) in [7, 11) is 0. The van der Waals surface area contributed by atoms with Gasteiger partial charge in [0.1, 0.15) is 17.6 Å². The highest BCUT2D eigenvalue weighted by molar-refractivity contribution is 5.79. The van der Waals surface area contributed by atoms with Gasteiger partial charge in [-0.1, -0.05) is 35.9 Å². The minimum absolute atomic E-state index is 0.0425. The monoisotopic (exact) mass is 334 g/mol. The lowest BCUT2D eigenvalue weighted by Crippen LogP contribution is -2.40. The topological polar surface area (TPSA) is 69.0 Å². The van der Waals surface area contributed by atoms with Gasteiger partial charge in [0.25, 0.3) is 0 Å². The van der Waals surface area contributed by atoms with Crippen LogP contribution >= 0.6 is 0 Å². The van der Waals surface area contributed by atoms with E-state index in [1.165, 1.54) is 5.56 Å². The molecule has 1 aromatic carbocycles. The Morgan fingerprint density at radius 3 is 2.64 bits per heavy atom. The van der Waals surface area contributed by atoms with E-state index >= 15 is 0 Å². The molecular formula is C20H22N4O. The zero-order valence-electron chi connectivity index (χ0n) is 14.4. The van der Waals surface area contributed by atoms with Crippen LogP contribution in [0.4, 0.5) is 5.82 Å². The highest BCUT2D eigenvalue weighted by Crippen LogP contribution is 2.22. The van der Waals surface area contributed by atoms with E-state index in [1.54, 1.807) is 6.07 Å². The van der Waals surface area contributed by atoms with E-state index in [4.69, 9.17) is 5.26 Å². The summed E-state index contributed by atoms with van der Waals surface area (Å²) in [5.41, 5.74) is 2.76. The number of anilines is 1. The van der Waals surface area contributed by atoms with Crippen LogP contribution in [0.3, 0.4) is 0 Å². The number of carbonyl (C=O) groups is 1. The Morgan fingerprint density at radius 2 is 1.96 bits per heavy atom. The Hall–Kier alpha value is -2.87. The number of hydrogen-bond donors (Lipinski definition) is 1. The maximum atomic E-state index is 12.4. The van der Waals surface area contributed by atoms with Gasteiger partial charge in [-0.3, -0.25) is 4.79 Å². The Labute approximate surface area is 148 Å². The highest BCUT2D eigenvalue weighted by atomic mass is 16.1. The number of piperidine rings is 1. The maximum absolute atomic E-state index is 12.4. The summed E-state index contributed by atoms with van der Waals surface area (Å²) in [6, 6.07) is 15.7. The smallest absolute Gasteiger partial charge is 0.223 e. The molecule has 0 spiro atoms. The predicted octanol–water partition coefficient (Wildman–Crippen LogP) is 2.79. The van der Waals surface area contributed by atoms with E-state index < -0.39 is 0 Å². The lowest BCUT2D eigenvalue weighted by atomic mass is 9.95. The minimum Gasteiger partial charge on any atom is -0.357 e. The second-order valence-corrected chi connectivity index (χ2v) is 6.46. The molecule has 1 aliphatic heterocycles. The van der Waals surface area contributed by atoms with Crippen LogP contribution in [0, 0.1) is 24.2 Å². The normalized spacial score (nSPS) is 14.8.